The molecule has 4 nitrogen and oxygen atoms in total. The number of pyridine rings is 1. The number of halogens is 3. The van der Waals surface area contributed by atoms with Crippen LogP contribution in [0.25, 0.3) is 0 Å². The van der Waals surface area contributed by atoms with Gasteiger partial charge in [0, 0.05) is 6.20 Å². The van der Waals surface area contributed by atoms with Crippen molar-refractivity contribution in [1.82, 2.24) is 4.98 Å². The molecule has 0 radical (unpaired) electrons. The van der Waals surface area contributed by atoms with Crippen LogP contribution >= 0.6 is 0 Å². The zero-order chi connectivity index (χ0) is 12.0. The molecule has 88 valence electrons. The van der Waals surface area contributed by atoms with Crippen molar-refractivity contribution in [3.8, 4) is 0 Å². The average Bonchev–Trinajstić information content (AvgIpc) is 2.24. The number of carbonyl (C=O) groups excluding carboxylic acids is 1. The Kier molecular flexibility index (Phi) is 4.24. The van der Waals surface area contributed by atoms with Gasteiger partial charge >= 0.3 is 12.1 Å². The summed E-state index contributed by atoms with van der Waals surface area (Å²) < 4.78 is 35.0. The zero-order valence-electron chi connectivity index (χ0n) is 8.03. The second-order valence-corrected chi connectivity index (χ2v) is 2.77. The van der Waals surface area contributed by atoms with E-state index in [0.29, 0.717) is 0 Å². The molecule has 0 spiro atoms. The summed E-state index contributed by atoms with van der Waals surface area (Å²) >= 11 is 0. The highest BCUT2D eigenvalue weighted by atomic mass is 19.4. The van der Waals surface area contributed by atoms with Gasteiger partial charge in [-0.3, -0.25) is 4.89 Å². The lowest BCUT2D eigenvalue weighted by molar-refractivity contribution is -0.258. The van der Waals surface area contributed by atoms with Crippen molar-refractivity contribution >= 4 is 5.97 Å². The maximum absolute atomic E-state index is 11.7. The number of carbonyl (C=O) groups is 1. The molecule has 0 aliphatic carbocycles. The summed E-state index contributed by atoms with van der Waals surface area (Å²) in [5, 5.41) is 0. The summed E-state index contributed by atoms with van der Waals surface area (Å²) in [4.78, 5) is 22.9. The van der Waals surface area contributed by atoms with Crippen molar-refractivity contribution in [2.75, 3.05) is 6.61 Å². The van der Waals surface area contributed by atoms with Crippen LogP contribution in [-0.4, -0.2) is 23.7 Å². The fourth-order valence-electron chi connectivity index (χ4n) is 0.779. The fourth-order valence-corrected chi connectivity index (χ4v) is 0.779. The fraction of sp³-hybridized carbons (Fsp3) is 0.333. The minimum Gasteiger partial charge on any atom is -0.291 e. The van der Waals surface area contributed by atoms with Crippen LogP contribution < -0.4 is 0 Å². The minimum atomic E-state index is -4.34. The highest BCUT2D eigenvalue weighted by Crippen LogP contribution is 2.19. The van der Waals surface area contributed by atoms with Crippen LogP contribution in [0.4, 0.5) is 13.2 Å². The lowest BCUT2D eigenvalue weighted by atomic mass is 10.4. The van der Waals surface area contributed by atoms with E-state index in [0.717, 1.165) is 0 Å². The van der Waals surface area contributed by atoms with E-state index < -0.39 is 25.2 Å². The Hall–Kier alpha value is -1.63. The summed E-state index contributed by atoms with van der Waals surface area (Å²) in [7, 11) is 0. The van der Waals surface area contributed by atoms with E-state index in [1.807, 2.05) is 0 Å². The number of hydrogen-bond acceptors (Lipinski definition) is 4. The molecule has 0 saturated heterocycles. The molecular formula is C9H8F3NO3. The van der Waals surface area contributed by atoms with Crippen molar-refractivity contribution in [3.63, 3.8) is 0 Å². The van der Waals surface area contributed by atoms with Crippen LogP contribution in [-0.2, 0) is 9.78 Å². The molecule has 1 aromatic rings. The predicted molar refractivity (Wildman–Crippen MR) is 46.3 cm³/mol. The van der Waals surface area contributed by atoms with Gasteiger partial charge < -0.3 is 0 Å². The molecule has 0 aliphatic rings. The van der Waals surface area contributed by atoms with E-state index in [1.165, 1.54) is 12.3 Å². The van der Waals surface area contributed by atoms with Gasteiger partial charge in [0.1, 0.15) is 6.61 Å². The van der Waals surface area contributed by atoms with E-state index in [4.69, 9.17) is 0 Å². The van der Waals surface area contributed by atoms with Gasteiger partial charge in [-0.1, -0.05) is 6.07 Å². The zero-order valence-corrected chi connectivity index (χ0v) is 8.03. The topological polar surface area (TPSA) is 48.4 Å². The third-order valence-corrected chi connectivity index (χ3v) is 1.48. The molecule has 1 rings (SSSR count). The summed E-state index contributed by atoms with van der Waals surface area (Å²) in [6, 6.07) is 4.48. The molecule has 0 unspecified atom stereocenters. The first-order valence-corrected chi connectivity index (χ1v) is 4.30. The monoisotopic (exact) mass is 235 g/mol. The quantitative estimate of drug-likeness (QED) is 0.455. The summed E-state index contributed by atoms with van der Waals surface area (Å²) in [6.07, 6.45) is -4.16. The summed E-state index contributed by atoms with van der Waals surface area (Å²) in [6.45, 7) is -0.734. The first kappa shape index (κ1) is 12.4. The molecule has 0 atom stereocenters. The van der Waals surface area contributed by atoms with Crippen molar-refractivity contribution in [3.05, 3.63) is 30.1 Å². The van der Waals surface area contributed by atoms with E-state index in [2.05, 4.69) is 14.8 Å². The highest BCUT2D eigenvalue weighted by molar-refractivity contribution is 5.86. The molecule has 0 N–H and O–H groups in total. The molecule has 7 heteroatoms. The Morgan fingerprint density at radius 2 is 2.12 bits per heavy atom. The van der Waals surface area contributed by atoms with E-state index in [1.54, 1.807) is 12.1 Å². The molecule has 0 bridgehead atoms. The van der Waals surface area contributed by atoms with Gasteiger partial charge in [-0.15, -0.1) is 0 Å². The average molecular weight is 235 g/mol. The lowest BCUT2D eigenvalue weighted by Crippen LogP contribution is -2.14. The molecular weight excluding hydrogens is 227 g/mol. The molecule has 0 aromatic carbocycles. The Morgan fingerprint density at radius 1 is 1.38 bits per heavy atom. The van der Waals surface area contributed by atoms with E-state index in [9.17, 15) is 18.0 Å². The first-order chi connectivity index (χ1) is 7.49. The predicted octanol–water partition coefficient (Wildman–Crippen LogP) is 2.12. The molecule has 0 amide bonds. The van der Waals surface area contributed by atoms with Crippen LogP contribution in [0.3, 0.4) is 0 Å². The second-order valence-electron chi connectivity index (χ2n) is 2.77. The molecule has 1 heterocycles. The van der Waals surface area contributed by atoms with Crippen molar-refractivity contribution in [2.45, 2.75) is 12.6 Å². The number of nitrogens with zero attached hydrogens (tertiary/aromatic N) is 1. The Balaban J connectivity index is 2.27. The summed E-state index contributed by atoms with van der Waals surface area (Å²) in [5.74, 6) is -0.928. The Bertz CT molecular complexity index is 340. The van der Waals surface area contributed by atoms with Crippen LogP contribution in [0.1, 0.15) is 16.9 Å². The lowest BCUT2D eigenvalue weighted by Gasteiger charge is -2.05. The van der Waals surface area contributed by atoms with Crippen molar-refractivity contribution < 1.29 is 27.7 Å². The van der Waals surface area contributed by atoms with E-state index in [-0.39, 0.29) is 5.69 Å². The van der Waals surface area contributed by atoms with Gasteiger partial charge in [-0.25, -0.2) is 9.78 Å². The standard InChI is InChI=1S/C9H8F3NO3/c10-9(11,12)4-6-15-16-8(14)7-3-1-2-5-13-7/h1-3,5H,4,6H2. The van der Waals surface area contributed by atoms with Crippen LogP contribution in [0, 0.1) is 0 Å². The normalized spacial score (nSPS) is 11.2. The van der Waals surface area contributed by atoms with Gasteiger partial charge in [-0.2, -0.15) is 18.1 Å². The van der Waals surface area contributed by atoms with Gasteiger partial charge in [0.05, 0.1) is 6.42 Å². The van der Waals surface area contributed by atoms with Crippen molar-refractivity contribution in [2.24, 2.45) is 0 Å². The molecule has 0 fully saturated rings. The SMILES string of the molecule is O=C(OOCCC(F)(F)F)c1ccccn1. The summed E-state index contributed by atoms with van der Waals surface area (Å²) in [5.41, 5.74) is -0.0329. The first-order valence-electron chi connectivity index (χ1n) is 4.30. The van der Waals surface area contributed by atoms with Gasteiger partial charge in [-0.05, 0) is 12.1 Å². The maximum Gasteiger partial charge on any atom is 0.391 e. The number of rotatable bonds is 4. The molecule has 16 heavy (non-hydrogen) atoms. The van der Waals surface area contributed by atoms with Crippen LogP contribution in [0.15, 0.2) is 24.4 Å². The van der Waals surface area contributed by atoms with Gasteiger partial charge in [0.25, 0.3) is 0 Å². The third kappa shape index (κ3) is 4.74. The van der Waals surface area contributed by atoms with Crippen LogP contribution in [0.2, 0.25) is 0 Å². The largest absolute Gasteiger partial charge is 0.391 e. The number of aromatic nitrogens is 1. The van der Waals surface area contributed by atoms with Crippen LogP contribution in [0.5, 0.6) is 0 Å². The highest BCUT2D eigenvalue weighted by Gasteiger charge is 2.27. The number of hydrogen-bond donors (Lipinski definition) is 0. The number of alkyl halides is 3. The molecule has 1 aromatic heterocycles. The second kappa shape index (κ2) is 5.45. The Labute approximate surface area is 88.9 Å². The molecule has 0 saturated carbocycles. The third-order valence-electron chi connectivity index (χ3n) is 1.48. The maximum atomic E-state index is 11.7. The van der Waals surface area contributed by atoms with Gasteiger partial charge in [0.2, 0.25) is 0 Å². The van der Waals surface area contributed by atoms with Crippen molar-refractivity contribution in [1.29, 1.82) is 0 Å². The smallest absolute Gasteiger partial charge is 0.291 e. The van der Waals surface area contributed by atoms with Gasteiger partial charge in [0.15, 0.2) is 5.69 Å². The Morgan fingerprint density at radius 3 is 2.69 bits per heavy atom. The van der Waals surface area contributed by atoms with E-state index >= 15 is 0 Å². The minimum absolute atomic E-state index is 0.0329. The molecule has 0 aliphatic heterocycles.